The maximum absolute atomic E-state index is 12.2. The van der Waals surface area contributed by atoms with Gasteiger partial charge in [-0.2, -0.15) is 5.10 Å². The number of nitrogens with one attached hydrogen (secondary N) is 2. The summed E-state index contributed by atoms with van der Waals surface area (Å²) in [7, 11) is 0. The topological polar surface area (TPSA) is 57.8 Å². The van der Waals surface area contributed by atoms with Crippen LogP contribution in [-0.4, -0.2) is 16.1 Å². The molecular formula is C14H15Br2N3O. The number of hydrogen-bond acceptors (Lipinski definition) is 2. The van der Waals surface area contributed by atoms with Gasteiger partial charge in [-0.25, -0.2) is 0 Å². The SMILES string of the molecule is Cc1cc(NC(=O)c2n[nH]c(C(C)C)c2Br)ccc1Br. The van der Waals surface area contributed by atoms with Gasteiger partial charge in [0.05, 0.1) is 10.2 Å². The summed E-state index contributed by atoms with van der Waals surface area (Å²) in [5, 5.41) is 9.82. The van der Waals surface area contributed by atoms with Crippen LogP contribution in [0.3, 0.4) is 0 Å². The number of H-pyrrole nitrogens is 1. The highest BCUT2D eigenvalue weighted by molar-refractivity contribution is 9.10. The monoisotopic (exact) mass is 399 g/mol. The van der Waals surface area contributed by atoms with Gasteiger partial charge in [-0.05, 0) is 52.5 Å². The molecule has 0 unspecified atom stereocenters. The van der Waals surface area contributed by atoms with Crippen molar-refractivity contribution in [2.24, 2.45) is 0 Å². The van der Waals surface area contributed by atoms with Crippen molar-refractivity contribution in [2.45, 2.75) is 26.7 Å². The molecule has 6 heteroatoms. The molecule has 0 aliphatic rings. The van der Waals surface area contributed by atoms with E-state index in [1.165, 1.54) is 0 Å². The number of anilines is 1. The fourth-order valence-corrected chi connectivity index (χ4v) is 2.85. The van der Waals surface area contributed by atoms with Crippen molar-refractivity contribution in [3.8, 4) is 0 Å². The Kier molecular flexibility index (Phi) is 4.65. The molecule has 1 amide bonds. The van der Waals surface area contributed by atoms with E-state index in [4.69, 9.17) is 0 Å². The Hall–Kier alpha value is -1.14. The van der Waals surface area contributed by atoms with Crippen LogP contribution in [0.25, 0.3) is 0 Å². The minimum atomic E-state index is -0.234. The van der Waals surface area contributed by atoms with Gasteiger partial charge < -0.3 is 5.32 Å². The summed E-state index contributed by atoms with van der Waals surface area (Å²) >= 11 is 6.86. The van der Waals surface area contributed by atoms with Gasteiger partial charge in [-0.3, -0.25) is 9.89 Å². The van der Waals surface area contributed by atoms with Crippen molar-refractivity contribution in [3.05, 3.63) is 44.1 Å². The van der Waals surface area contributed by atoms with Gasteiger partial charge in [0.25, 0.3) is 5.91 Å². The lowest BCUT2D eigenvalue weighted by molar-refractivity contribution is 0.102. The van der Waals surface area contributed by atoms with Crippen LogP contribution in [0.1, 0.15) is 41.5 Å². The minimum absolute atomic E-state index is 0.234. The first-order chi connectivity index (χ1) is 9.40. The van der Waals surface area contributed by atoms with Crippen molar-refractivity contribution in [1.29, 1.82) is 0 Å². The number of nitrogens with zero attached hydrogens (tertiary/aromatic N) is 1. The third-order valence-electron chi connectivity index (χ3n) is 2.94. The first-order valence-electron chi connectivity index (χ1n) is 6.21. The highest BCUT2D eigenvalue weighted by Crippen LogP contribution is 2.26. The molecule has 1 heterocycles. The number of amides is 1. The van der Waals surface area contributed by atoms with E-state index >= 15 is 0 Å². The molecule has 0 aliphatic carbocycles. The summed E-state index contributed by atoms with van der Waals surface area (Å²) in [6, 6.07) is 5.66. The number of halogens is 2. The van der Waals surface area contributed by atoms with E-state index in [0.29, 0.717) is 5.69 Å². The number of rotatable bonds is 3. The summed E-state index contributed by atoms with van der Waals surface area (Å²) in [5.41, 5.74) is 3.10. The molecule has 0 saturated heterocycles. The van der Waals surface area contributed by atoms with E-state index in [2.05, 4.69) is 47.4 Å². The lowest BCUT2D eigenvalue weighted by Crippen LogP contribution is -2.13. The second-order valence-electron chi connectivity index (χ2n) is 4.87. The largest absolute Gasteiger partial charge is 0.321 e. The molecule has 0 bridgehead atoms. The summed E-state index contributed by atoms with van der Waals surface area (Å²) in [6.07, 6.45) is 0. The Morgan fingerprint density at radius 1 is 1.35 bits per heavy atom. The molecule has 106 valence electrons. The predicted molar refractivity (Wildman–Crippen MR) is 87.2 cm³/mol. The molecule has 0 spiro atoms. The Morgan fingerprint density at radius 2 is 2.05 bits per heavy atom. The van der Waals surface area contributed by atoms with Crippen LogP contribution in [-0.2, 0) is 0 Å². The van der Waals surface area contributed by atoms with Gasteiger partial charge in [-0.1, -0.05) is 29.8 Å². The predicted octanol–water partition coefficient (Wildman–Crippen LogP) is 4.62. The summed E-state index contributed by atoms with van der Waals surface area (Å²) < 4.78 is 1.73. The average molecular weight is 401 g/mol. The third-order valence-corrected chi connectivity index (χ3v) is 4.63. The number of benzene rings is 1. The van der Waals surface area contributed by atoms with Crippen LogP contribution in [0.15, 0.2) is 27.1 Å². The van der Waals surface area contributed by atoms with Gasteiger partial charge >= 0.3 is 0 Å². The Labute approximate surface area is 134 Å². The Balaban J connectivity index is 2.22. The van der Waals surface area contributed by atoms with Crippen molar-refractivity contribution in [3.63, 3.8) is 0 Å². The molecule has 1 aromatic heterocycles. The van der Waals surface area contributed by atoms with Gasteiger partial charge in [0.1, 0.15) is 0 Å². The molecule has 0 atom stereocenters. The van der Waals surface area contributed by atoms with Gasteiger partial charge in [0.2, 0.25) is 0 Å². The second kappa shape index (κ2) is 6.10. The maximum atomic E-state index is 12.2. The van der Waals surface area contributed by atoms with Gasteiger partial charge in [0, 0.05) is 10.2 Å². The molecule has 4 nitrogen and oxygen atoms in total. The van der Waals surface area contributed by atoms with Crippen LogP contribution in [0, 0.1) is 6.92 Å². The second-order valence-corrected chi connectivity index (χ2v) is 6.52. The standard InChI is InChI=1S/C14H15Br2N3O/c1-7(2)12-11(16)13(19-18-12)14(20)17-9-4-5-10(15)8(3)6-9/h4-7H,1-3H3,(H,17,20)(H,18,19). The molecule has 20 heavy (non-hydrogen) atoms. The Morgan fingerprint density at radius 3 is 2.60 bits per heavy atom. The molecule has 0 saturated carbocycles. The van der Waals surface area contributed by atoms with E-state index in [0.717, 1.165) is 25.9 Å². The van der Waals surface area contributed by atoms with Crippen molar-refractivity contribution in [1.82, 2.24) is 10.2 Å². The number of aromatic amines is 1. The number of hydrogen-bond donors (Lipinski definition) is 2. The van der Waals surface area contributed by atoms with Gasteiger partial charge in [0.15, 0.2) is 5.69 Å². The molecule has 0 radical (unpaired) electrons. The van der Waals surface area contributed by atoms with E-state index in [-0.39, 0.29) is 11.8 Å². The quantitative estimate of drug-likeness (QED) is 0.789. The zero-order valence-corrected chi connectivity index (χ0v) is 14.6. The van der Waals surface area contributed by atoms with Crippen LogP contribution in [0.4, 0.5) is 5.69 Å². The zero-order valence-electron chi connectivity index (χ0n) is 11.4. The first kappa shape index (κ1) is 15.3. The van der Waals surface area contributed by atoms with Crippen molar-refractivity contribution < 1.29 is 4.79 Å². The normalized spacial score (nSPS) is 10.9. The van der Waals surface area contributed by atoms with Crippen molar-refractivity contribution >= 4 is 43.5 Å². The van der Waals surface area contributed by atoms with E-state index in [1.807, 2.05) is 39.0 Å². The van der Waals surface area contributed by atoms with E-state index in [1.54, 1.807) is 0 Å². The fraction of sp³-hybridized carbons (Fsp3) is 0.286. The molecule has 2 rings (SSSR count). The number of carbonyl (C=O) groups is 1. The molecule has 2 aromatic rings. The fourth-order valence-electron chi connectivity index (χ4n) is 1.79. The summed E-state index contributed by atoms with van der Waals surface area (Å²) in [4.78, 5) is 12.2. The first-order valence-corrected chi connectivity index (χ1v) is 7.80. The molecule has 2 N–H and O–H groups in total. The smallest absolute Gasteiger partial charge is 0.277 e. The Bertz CT molecular complexity index is 650. The zero-order chi connectivity index (χ0) is 14.9. The van der Waals surface area contributed by atoms with E-state index < -0.39 is 0 Å². The molecule has 0 aliphatic heterocycles. The lowest BCUT2D eigenvalue weighted by Gasteiger charge is -2.06. The molecule has 1 aromatic carbocycles. The van der Waals surface area contributed by atoms with Gasteiger partial charge in [-0.15, -0.1) is 0 Å². The van der Waals surface area contributed by atoms with Crippen LogP contribution >= 0.6 is 31.9 Å². The maximum Gasteiger partial charge on any atom is 0.277 e. The number of carbonyl (C=O) groups excluding carboxylic acids is 1. The number of aryl methyl sites for hydroxylation is 1. The highest BCUT2D eigenvalue weighted by Gasteiger charge is 2.19. The highest BCUT2D eigenvalue weighted by atomic mass is 79.9. The van der Waals surface area contributed by atoms with E-state index in [9.17, 15) is 4.79 Å². The summed E-state index contributed by atoms with van der Waals surface area (Å²) in [6.45, 7) is 6.05. The van der Waals surface area contributed by atoms with Crippen LogP contribution in [0.5, 0.6) is 0 Å². The van der Waals surface area contributed by atoms with Crippen LogP contribution < -0.4 is 5.32 Å². The van der Waals surface area contributed by atoms with Crippen LogP contribution in [0.2, 0.25) is 0 Å². The lowest BCUT2D eigenvalue weighted by atomic mass is 10.1. The molecule has 0 fully saturated rings. The van der Waals surface area contributed by atoms with Crippen molar-refractivity contribution in [2.75, 3.05) is 5.32 Å². The minimum Gasteiger partial charge on any atom is -0.321 e. The summed E-state index contributed by atoms with van der Waals surface area (Å²) in [5.74, 6) is 0.0371. The number of aromatic nitrogens is 2. The third kappa shape index (κ3) is 3.12. The average Bonchev–Trinajstić information content (AvgIpc) is 2.76. The molecular weight excluding hydrogens is 386 g/mol.